The number of nitrogens with zero attached hydrogens (tertiary/aromatic N) is 4. The van der Waals surface area contributed by atoms with Crippen LogP contribution in [-0.2, 0) is 11.3 Å². The normalized spacial score (nSPS) is 15.3. The molecule has 1 aliphatic rings. The van der Waals surface area contributed by atoms with Crippen molar-refractivity contribution in [3.63, 3.8) is 0 Å². The molecule has 1 N–H and O–H groups in total. The molecule has 2 heterocycles. The number of carbonyl (C=O) groups is 1. The second-order valence-corrected chi connectivity index (χ2v) is 8.08. The van der Waals surface area contributed by atoms with Crippen molar-refractivity contribution in [3.05, 3.63) is 34.6 Å². The lowest BCUT2D eigenvalue weighted by Gasteiger charge is -2.22. The van der Waals surface area contributed by atoms with E-state index in [4.69, 9.17) is 4.52 Å². The maximum atomic E-state index is 13.1. The van der Waals surface area contributed by atoms with Gasteiger partial charge in [-0.2, -0.15) is 4.98 Å². The van der Waals surface area contributed by atoms with Crippen molar-refractivity contribution in [3.8, 4) is 11.4 Å². The van der Waals surface area contributed by atoms with Gasteiger partial charge in [-0.1, -0.05) is 24.4 Å². The summed E-state index contributed by atoms with van der Waals surface area (Å²) in [5.41, 5.74) is 2.05. The van der Waals surface area contributed by atoms with Crippen LogP contribution in [0.2, 0.25) is 0 Å². The molecular formula is C21H27N5O3. The molecule has 8 nitrogen and oxygen atoms in total. The molecule has 8 heteroatoms. The van der Waals surface area contributed by atoms with Gasteiger partial charge in [0.15, 0.2) is 0 Å². The van der Waals surface area contributed by atoms with Gasteiger partial charge in [0.25, 0.3) is 0 Å². The number of nitrogens with one attached hydrogen (secondary N) is 1. The third-order valence-corrected chi connectivity index (χ3v) is 5.54. The number of fused-ring (bicyclic) bond motifs is 1. The summed E-state index contributed by atoms with van der Waals surface area (Å²) in [7, 11) is 0. The Labute approximate surface area is 168 Å². The summed E-state index contributed by atoms with van der Waals surface area (Å²) in [6.45, 7) is 5.66. The van der Waals surface area contributed by atoms with Gasteiger partial charge in [0.2, 0.25) is 17.6 Å². The van der Waals surface area contributed by atoms with Gasteiger partial charge in [-0.05, 0) is 44.9 Å². The van der Waals surface area contributed by atoms with Crippen molar-refractivity contribution in [2.45, 2.75) is 71.5 Å². The Kier molecular flexibility index (Phi) is 5.25. The lowest BCUT2D eigenvalue weighted by Crippen LogP contribution is -2.40. The van der Waals surface area contributed by atoms with Gasteiger partial charge in [0, 0.05) is 24.6 Å². The molecule has 0 spiro atoms. The fraction of sp³-hybridized carbons (Fsp3) is 0.524. The maximum Gasteiger partial charge on any atom is 0.329 e. The van der Waals surface area contributed by atoms with Crippen molar-refractivity contribution in [2.24, 2.45) is 0 Å². The summed E-state index contributed by atoms with van der Waals surface area (Å²) in [5, 5.41) is 7.07. The van der Waals surface area contributed by atoms with Crippen molar-refractivity contribution in [2.75, 3.05) is 0 Å². The number of aryl methyl sites for hydroxylation is 1. The Morgan fingerprint density at radius 3 is 2.66 bits per heavy atom. The number of hydrogen-bond donors (Lipinski definition) is 1. The Balaban J connectivity index is 1.71. The van der Waals surface area contributed by atoms with Crippen LogP contribution in [0, 0.1) is 6.92 Å². The molecule has 1 fully saturated rings. The third-order valence-electron chi connectivity index (χ3n) is 5.54. The second-order valence-electron chi connectivity index (χ2n) is 8.08. The fourth-order valence-corrected chi connectivity index (χ4v) is 4.15. The Hall–Kier alpha value is -2.90. The van der Waals surface area contributed by atoms with Crippen LogP contribution in [0.3, 0.4) is 0 Å². The molecule has 0 bridgehead atoms. The minimum Gasteiger partial charge on any atom is -0.352 e. The number of amides is 1. The highest BCUT2D eigenvalue weighted by atomic mass is 16.5. The summed E-state index contributed by atoms with van der Waals surface area (Å²) in [6, 6.07) is 5.80. The van der Waals surface area contributed by atoms with E-state index in [1.807, 2.05) is 32.0 Å². The van der Waals surface area contributed by atoms with Crippen LogP contribution in [0.15, 0.2) is 27.5 Å². The van der Waals surface area contributed by atoms with Crippen LogP contribution in [-0.4, -0.2) is 31.2 Å². The van der Waals surface area contributed by atoms with E-state index in [2.05, 4.69) is 15.5 Å². The average Bonchev–Trinajstić information content (AvgIpc) is 3.24. The molecule has 1 saturated carbocycles. The van der Waals surface area contributed by atoms with Crippen LogP contribution in [0.5, 0.6) is 0 Å². The van der Waals surface area contributed by atoms with Gasteiger partial charge in [-0.3, -0.25) is 13.9 Å². The number of hydrogen-bond acceptors (Lipinski definition) is 5. The van der Waals surface area contributed by atoms with Gasteiger partial charge in [0.1, 0.15) is 6.54 Å². The smallest absolute Gasteiger partial charge is 0.329 e. The average molecular weight is 397 g/mol. The zero-order valence-corrected chi connectivity index (χ0v) is 17.1. The van der Waals surface area contributed by atoms with Crippen molar-refractivity contribution in [1.29, 1.82) is 0 Å². The van der Waals surface area contributed by atoms with E-state index in [1.165, 1.54) is 6.42 Å². The molecule has 1 aliphatic carbocycles. The lowest BCUT2D eigenvalue weighted by atomic mass is 9.95. The lowest BCUT2D eigenvalue weighted by molar-refractivity contribution is -0.122. The number of imidazole rings is 1. The highest BCUT2D eigenvalue weighted by Crippen LogP contribution is 2.24. The Morgan fingerprint density at radius 1 is 1.24 bits per heavy atom. The number of rotatable bonds is 5. The minimum atomic E-state index is -0.185. The summed E-state index contributed by atoms with van der Waals surface area (Å²) in [6.07, 6.45) is 5.54. The Morgan fingerprint density at radius 2 is 2.00 bits per heavy atom. The summed E-state index contributed by atoms with van der Waals surface area (Å²) < 4.78 is 8.34. The zero-order valence-electron chi connectivity index (χ0n) is 17.1. The quantitative estimate of drug-likeness (QED) is 0.713. The zero-order chi connectivity index (χ0) is 20.5. The van der Waals surface area contributed by atoms with E-state index in [0.717, 1.165) is 36.8 Å². The van der Waals surface area contributed by atoms with Gasteiger partial charge < -0.3 is 9.84 Å². The first-order chi connectivity index (χ1) is 13.9. The molecular weight excluding hydrogens is 370 g/mol. The summed E-state index contributed by atoms with van der Waals surface area (Å²) >= 11 is 0. The first-order valence-electron chi connectivity index (χ1n) is 10.3. The third kappa shape index (κ3) is 3.83. The first kappa shape index (κ1) is 19.4. The van der Waals surface area contributed by atoms with Crippen LogP contribution in [0.25, 0.3) is 22.4 Å². The van der Waals surface area contributed by atoms with Gasteiger partial charge >= 0.3 is 5.69 Å². The molecule has 0 radical (unpaired) electrons. The van der Waals surface area contributed by atoms with Crippen LogP contribution in [0.4, 0.5) is 0 Å². The molecule has 1 aromatic carbocycles. The predicted octanol–water partition coefficient (Wildman–Crippen LogP) is 3.19. The molecule has 0 unspecified atom stereocenters. The Bertz CT molecular complexity index is 1090. The van der Waals surface area contributed by atoms with Crippen LogP contribution < -0.4 is 11.0 Å². The SMILES string of the molecule is Cc1nc(-c2ccc3c(c2)n(CC(=O)NC2CCCCC2)c(=O)n3C(C)C)no1. The van der Waals surface area contributed by atoms with Crippen molar-refractivity contribution in [1.82, 2.24) is 24.6 Å². The topological polar surface area (TPSA) is 95.0 Å². The second kappa shape index (κ2) is 7.85. The van der Waals surface area contributed by atoms with Crippen molar-refractivity contribution >= 4 is 16.9 Å². The largest absolute Gasteiger partial charge is 0.352 e. The summed E-state index contributed by atoms with van der Waals surface area (Å²) in [4.78, 5) is 30.1. The van der Waals surface area contributed by atoms with E-state index in [0.29, 0.717) is 17.2 Å². The minimum absolute atomic E-state index is 0.000276. The highest BCUT2D eigenvalue weighted by Gasteiger charge is 2.21. The van der Waals surface area contributed by atoms with E-state index in [1.54, 1.807) is 16.1 Å². The maximum absolute atomic E-state index is 13.1. The monoisotopic (exact) mass is 397 g/mol. The van der Waals surface area contributed by atoms with Gasteiger partial charge in [-0.25, -0.2) is 4.79 Å². The van der Waals surface area contributed by atoms with Gasteiger partial charge in [-0.15, -0.1) is 0 Å². The number of carbonyl (C=O) groups excluding carboxylic acids is 1. The molecule has 0 saturated heterocycles. The predicted molar refractivity (Wildman–Crippen MR) is 110 cm³/mol. The molecule has 3 aromatic rings. The molecule has 1 amide bonds. The molecule has 29 heavy (non-hydrogen) atoms. The standard InChI is InChI=1S/C21H27N5O3/c1-13(2)26-17-10-9-15(20-22-14(3)29-24-20)11-18(17)25(21(26)28)12-19(27)23-16-7-5-4-6-8-16/h9-11,13,16H,4-8,12H2,1-3H3,(H,23,27). The number of aromatic nitrogens is 4. The molecule has 4 rings (SSSR count). The molecule has 0 aliphatic heterocycles. The summed E-state index contributed by atoms with van der Waals surface area (Å²) in [5.74, 6) is 0.819. The number of benzene rings is 1. The first-order valence-corrected chi connectivity index (χ1v) is 10.3. The van der Waals surface area contributed by atoms with Crippen molar-refractivity contribution < 1.29 is 9.32 Å². The highest BCUT2D eigenvalue weighted by molar-refractivity contribution is 5.84. The molecule has 2 aromatic heterocycles. The van der Waals surface area contributed by atoms with Gasteiger partial charge in [0.05, 0.1) is 11.0 Å². The van der Waals surface area contributed by atoms with E-state index in [9.17, 15) is 9.59 Å². The van der Waals surface area contributed by atoms with Crippen LogP contribution >= 0.6 is 0 Å². The van der Waals surface area contributed by atoms with E-state index >= 15 is 0 Å². The van der Waals surface area contributed by atoms with E-state index < -0.39 is 0 Å². The fourth-order valence-electron chi connectivity index (χ4n) is 4.15. The molecule has 154 valence electrons. The van der Waals surface area contributed by atoms with Crippen LogP contribution in [0.1, 0.15) is 57.9 Å². The molecule has 0 atom stereocenters. The van der Waals surface area contributed by atoms with E-state index in [-0.39, 0.29) is 30.2 Å².